The zero-order chi connectivity index (χ0) is 22.2. The molecule has 4 aromatic rings. The van der Waals surface area contributed by atoms with Crippen LogP contribution in [0.15, 0.2) is 108 Å². The number of rotatable bonds is 7. The van der Waals surface area contributed by atoms with Gasteiger partial charge in [0.25, 0.3) is 0 Å². The van der Waals surface area contributed by atoms with E-state index in [1.807, 2.05) is 72.8 Å². The molecule has 0 radical (unpaired) electrons. The van der Waals surface area contributed by atoms with Gasteiger partial charge < -0.3 is 15.4 Å². The molecular weight excluding hydrogens is 438 g/mol. The molecule has 32 heavy (non-hydrogen) atoms. The Bertz CT molecular complexity index is 1180. The highest BCUT2D eigenvalue weighted by Gasteiger charge is 2.06. The minimum absolute atomic E-state index is 0.267. The minimum atomic E-state index is -0.267. The van der Waals surface area contributed by atoms with Crippen molar-refractivity contribution in [3.8, 4) is 11.1 Å². The van der Waals surface area contributed by atoms with Crippen molar-refractivity contribution in [2.75, 3.05) is 10.0 Å². The molecule has 6 heteroatoms. The van der Waals surface area contributed by atoms with E-state index in [0.717, 1.165) is 16.1 Å². The van der Waals surface area contributed by atoms with Crippen molar-refractivity contribution in [2.24, 2.45) is 0 Å². The van der Waals surface area contributed by atoms with Gasteiger partial charge in [0.05, 0.1) is 0 Å². The van der Waals surface area contributed by atoms with Gasteiger partial charge >= 0.3 is 6.03 Å². The smallest absolute Gasteiger partial charge is 0.319 e. The zero-order valence-corrected chi connectivity index (χ0v) is 18.8. The molecule has 0 saturated heterocycles. The molecule has 4 nitrogen and oxygen atoms in total. The van der Waals surface area contributed by atoms with Crippen molar-refractivity contribution >= 4 is 41.0 Å². The van der Waals surface area contributed by atoms with Crippen LogP contribution in [0.4, 0.5) is 16.2 Å². The van der Waals surface area contributed by atoms with Gasteiger partial charge in [0.1, 0.15) is 0 Å². The maximum atomic E-state index is 12.2. The third-order valence-electron chi connectivity index (χ3n) is 4.74. The normalized spacial score (nSPS) is 10.4. The van der Waals surface area contributed by atoms with Crippen LogP contribution in [0.5, 0.6) is 0 Å². The highest BCUT2D eigenvalue weighted by molar-refractivity contribution is 8.00. The number of hydrogen-bond acceptors (Lipinski definition) is 3. The lowest BCUT2D eigenvalue weighted by Gasteiger charge is -2.12. The molecule has 0 atom stereocenters. The fraction of sp³-hybridized carbons (Fsp3) is 0.0385. The first-order valence-corrected chi connectivity index (χ1v) is 11.3. The summed E-state index contributed by atoms with van der Waals surface area (Å²) in [5.74, 6) is 0. The average molecular weight is 460 g/mol. The van der Waals surface area contributed by atoms with Gasteiger partial charge in [-0.25, -0.2) is 4.79 Å². The Morgan fingerprint density at radius 1 is 0.781 bits per heavy atom. The summed E-state index contributed by atoms with van der Waals surface area (Å²) >= 11 is 7.53. The number of anilines is 2. The van der Waals surface area contributed by atoms with Crippen molar-refractivity contribution in [3.05, 3.63) is 114 Å². The third kappa shape index (κ3) is 6.06. The van der Waals surface area contributed by atoms with Gasteiger partial charge in [0, 0.05) is 27.8 Å². The van der Waals surface area contributed by atoms with Crippen LogP contribution >= 0.6 is 23.5 Å². The molecule has 0 spiro atoms. The van der Waals surface area contributed by atoms with Crippen LogP contribution < -0.4 is 15.4 Å². The summed E-state index contributed by atoms with van der Waals surface area (Å²) in [6.45, 7) is 0.406. The predicted octanol–water partition coefficient (Wildman–Crippen LogP) is 7.45. The van der Waals surface area contributed by atoms with Crippen molar-refractivity contribution < 1.29 is 4.79 Å². The topological polar surface area (TPSA) is 53.2 Å². The van der Waals surface area contributed by atoms with E-state index < -0.39 is 0 Å². The first-order valence-electron chi connectivity index (χ1n) is 10.1. The van der Waals surface area contributed by atoms with E-state index in [4.69, 9.17) is 11.6 Å². The van der Waals surface area contributed by atoms with Crippen LogP contribution in [-0.4, -0.2) is 6.03 Å². The van der Waals surface area contributed by atoms with E-state index in [9.17, 15) is 4.79 Å². The molecule has 4 rings (SSSR count). The lowest BCUT2D eigenvalue weighted by Crippen LogP contribution is -2.28. The largest absolute Gasteiger partial charge is 0.334 e. The number of nitrogens with one attached hydrogen (secondary N) is 3. The number of amides is 2. The Balaban J connectivity index is 1.31. The fourth-order valence-electron chi connectivity index (χ4n) is 3.15. The Labute approximate surface area is 197 Å². The molecular formula is C26H22ClN3OS. The van der Waals surface area contributed by atoms with Crippen LogP contribution in [0.2, 0.25) is 5.02 Å². The van der Waals surface area contributed by atoms with E-state index in [2.05, 4.69) is 39.6 Å². The third-order valence-corrected chi connectivity index (χ3v) is 5.88. The Morgan fingerprint density at radius 3 is 2.28 bits per heavy atom. The molecule has 0 fully saturated rings. The lowest BCUT2D eigenvalue weighted by molar-refractivity contribution is 0.251. The van der Waals surface area contributed by atoms with Crippen LogP contribution in [-0.2, 0) is 6.54 Å². The average Bonchev–Trinajstić information content (AvgIpc) is 2.83. The van der Waals surface area contributed by atoms with E-state index in [1.54, 1.807) is 18.0 Å². The summed E-state index contributed by atoms with van der Waals surface area (Å²) < 4.78 is 3.38. The summed E-state index contributed by atoms with van der Waals surface area (Å²) in [6.07, 6.45) is 0. The van der Waals surface area contributed by atoms with Crippen LogP contribution in [0.1, 0.15) is 5.56 Å². The molecule has 0 aliphatic heterocycles. The molecule has 160 valence electrons. The van der Waals surface area contributed by atoms with Gasteiger partial charge in [-0.3, -0.25) is 0 Å². The van der Waals surface area contributed by atoms with Gasteiger partial charge in [0.2, 0.25) is 0 Å². The quantitative estimate of drug-likeness (QED) is 0.251. The number of carbonyl (C=O) groups is 1. The van der Waals surface area contributed by atoms with Gasteiger partial charge in [-0.2, -0.15) is 0 Å². The molecule has 4 aromatic carbocycles. The number of hydrogen-bond donors (Lipinski definition) is 3. The van der Waals surface area contributed by atoms with Crippen LogP contribution in [0.25, 0.3) is 11.1 Å². The first-order chi connectivity index (χ1) is 15.7. The molecule has 3 N–H and O–H groups in total. The maximum absolute atomic E-state index is 12.2. The summed E-state index contributed by atoms with van der Waals surface area (Å²) in [5.41, 5.74) is 4.97. The molecule has 2 amide bonds. The maximum Gasteiger partial charge on any atom is 0.319 e. The van der Waals surface area contributed by atoms with Crippen LogP contribution in [0.3, 0.4) is 0 Å². The fourth-order valence-corrected chi connectivity index (χ4v) is 4.17. The highest BCUT2D eigenvalue weighted by Crippen LogP contribution is 2.32. The molecule has 0 aromatic heterocycles. The second-order valence-corrected chi connectivity index (χ2v) is 8.37. The van der Waals surface area contributed by atoms with Gasteiger partial charge in [0.15, 0.2) is 0 Å². The number of carbonyl (C=O) groups excluding carboxylic acids is 1. The second kappa shape index (κ2) is 10.8. The number of halogens is 1. The molecule has 0 heterocycles. The number of benzene rings is 4. The van der Waals surface area contributed by atoms with Gasteiger partial charge in [-0.1, -0.05) is 72.3 Å². The molecule has 0 saturated carbocycles. The minimum Gasteiger partial charge on any atom is -0.334 e. The molecule has 0 bridgehead atoms. The highest BCUT2D eigenvalue weighted by atomic mass is 35.5. The predicted molar refractivity (Wildman–Crippen MR) is 135 cm³/mol. The van der Waals surface area contributed by atoms with E-state index in [-0.39, 0.29) is 6.03 Å². The van der Waals surface area contributed by atoms with Gasteiger partial charge in [-0.15, -0.1) is 0 Å². The molecule has 0 aliphatic carbocycles. The number of urea groups is 1. The lowest BCUT2D eigenvalue weighted by atomic mass is 10.1. The standard InChI is InChI=1S/C26H22ClN3OS/c27-21-10-6-7-19(17-21)18-28-26(31)29-22-13-15-23(16-14-22)30-32-25-12-5-4-11-24(25)20-8-2-1-3-9-20/h1-17,30H,18H2,(H2,28,29,31). The molecule has 0 aliphatic rings. The SMILES string of the molecule is O=C(NCc1cccc(Cl)c1)Nc1ccc(NSc2ccccc2-c2ccccc2)cc1. The summed E-state index contributed by atoms with van der Waals surface area (Å²) in [5, 5.41) is 6.32. The monoisotopic (exact) mass is 459 g/mol. The Kier molecular flexibility index (Phi) is 7.33. The summed E-state index contributed by atoms with van der Waals surface area (Å²) in [4.78, 5) is 13.3. The van der Waals surface area contributed by atoms with E-state index in [1.165, 1.54) is 11.1 Å². The first kappa shape index (κ1) is 21.8. The second-order valence-electron chi connectivity index (χ2n) is 7.08. The van der Waals surface area contributed by atoms with Crippen LogP contribution in [0, 0.1) is 0 Å². The Morgan fingerprint density at radius 2 is 1.50 bits per heavy atom. The summed E-state index contributed by atoms with van der Waals surface area (Å²) in [7, 11) is 0. The zero-order valence-electron chi connectivity index (χ0n) is 17.2. The molecule has 0 unspecified atom stereocenters. The van der Waals surface area contributed by atoms with Crippen molar-refractivity contribution in [3.63, 3.8) is 0 Å². The van der Waals surface area contributed by atoms with E-state index >= 15 is 0 Å². The van der Waals surface area contributed by atoms with Gasteiger partial charge in [-0.05, 0) is 71.1 Å². The summed E-state index contributed by atoms with van der Waals surface area (Å²) in [6, 6.07) is 33.4. The van der Waals surface area contributed by atoms with Crippen molar-refractivity contribution in [1.82, 2.24) is 5.32 Å². The van der Waals surface area contributed by atoms with Crippen molar-refractivity contribution in [2.45, 2.75) is 11.4 Å². The van der Waals surface area contributed by atoms with Crippen molar-refractivity contribution in [1.29, 1.82) is 0 Å². The Hall–Kier alpha value is -3.41. The van der Waals surface area contributed by atoms with E-state index in [0.29, 0.717) is 17.3 Å².